The first kappa shape index (κ1) is 17.8. The van der Waals surface area contributed by atoms with Crippen molar-refractivity contribution in [1.82, 2.24) is 9.80 Å². The van der Waals surface area contributed by atoms with E-state index in [4.69, 9.17) is 4.74 Å². The zero-order valence-corrected chi connectivity index (χ0v) is 13.4. The van der Waals surface area contributed by atoms with Gasteiger partial charge < -0.3 is 19.6 Å². The van der Waals surface area contributed by atoms with Gasteiger partial charge in [-0.15, -0.1) is 0 Å². The number of amides is 2. The maximum absolute atomic E-state index is 12.4. The third-order valence-corrected chi connectivity index (χ3v) is 4.34. The number of likely N-dealkylation sites (tertiary alicyclic amines) is 1. The molecule has 1 heterocycles. The Morgan fingerprint density at radius 3 is 2.52 bits per heavy atom. The van der Waals surface area contributed by atoms with Crippen LogP contribution in [-0.4, -0.2) is 66.8 Å². The highest BCUT2D eigenvalue weighted by Crippen LogP contribution is 2.35. The van der Waals surface area contributed by atoms with Crippen LogP contribution in [0.3, 0.4) is 0 Å². The summed E-state index contributed by atoms with van der Waals surface area (Å²) in [6, 6.07) is -0.0444. The molecule has 6 heteroatoms. The number of hydrogen-bond acceptors (Lipinski definition) is 3. The van der Waals surface area contributed by atoms with E-state index in [0.717, 1.165) is 6.42 Å². The Bertz CT molecular complexity index is 358. The lowest BCUT2D eigenvalue weighted by atomic mass is 9.76. The molecule has 0 saturated carbocycles. The number of carboxylic acids is 1. The topological polar surface area (TPSA) is 70.1 Å². The molecule has 0 spiro atoms. The monoisotopic (exact) mass is 300 g/mol. The van der Waals surface area contributed by atoms with Gasteiger partial charge in [0, 0.05) is 39.9 Å². The largest absolute Gasteiger partial charge is 0.481 e. The third kappa shape index (κ3) is 4.33. The number of methoxy groups -OCH3 is 1. The Labute approximate surface area is 127 Å². The number of hydrogen-bond donors (Lipinski definition) is 1. The van der Waals surface area contributed by atoms with Crippen molar-refractivity contribution in [2.45, 2.75) is 39.5 Å². The van der Waals surface area contributed by atoms with Crippen molar-refractivity contribution in [2.75, 3.05) is 39.9 Å². The second kappa shape index (κ2) is 8.22. The Morgan fingerprint density at radius 1 is 1.33 bits per heavy atom. The summed E-state index contributed by atoms with van der Waals surface area (Å²) in [5.41, 5.74) is -0.820. The van der Waals surface area contributed by atoms with Crippen LogP contribution in [0.1, 0.15) is 39.5 Å². The van der Waals surface area contributed by atoms with E-state index in [9.17, 15) is 14.7 Å². The quantitative estimate of drug-likeness (QED) is 0.730. The number of urea groups is 1. The van der Waals surface area contributed by atoms with E-state index < -0.39 is 11.4 Å². The van der Waals surface area contributed by atoms with Gasteiger partial charge in [0.25, 0.3) is 0 Å². The first-order valence-corrected chi connectivity index (χ1v) is 7.77. The van der Waals surface area contributed by atoms with Gasteiger partial charge in [0.1, 0.15) is 0 Å². The summed E-state index contributed by atoms with van der Waals surface area (Å²) >= 11 is 0. The van der Waals surface area contributed by atoms with Gasteiger partial charge in [-0.2, -0.15) is 0 Å². The molecular formula is C15H28N2O4. The summed E-state index contributed by atoms with van der Waals surface area (Å²) in [4.78, 5) is 27.6. The molecule has 6 nitrogen and oxygen atoms in total. The van der Waals surface area contributed by atoms with Crippen LogP contribution >= 0.6 is 0 Å². The van der Waals surface area contributed by atoms with E-state index in [1.165, 1.54) is 0 Å². The molecule has 122 valence electrons. The average molecular weight is 300 g/mol. The average Bonchev–Trinajstić information content (AvgIpc) is 2.48. The van der Waals surface area contributed by atoms with Gasteiger partial charge in [0.15, 0.2) is 0 Å². The molecule has 2 amide bonds. The summed E-state index contributed by atoms with van der Waals surface area (Å²) in [6.07, 6.45) is 2.63. The fraction of sp³-hybridized carbons (Fsp3) is 0.867. The highest BCUT2D eigenvalue weighted by molar-refractivity contribution is 5.78. The number of piperidine rings is 1. The van der Waals surface area contributed by atoms with Crippen LogP contribution < -0.4 is 0 Å². The number of ether oxygens (including phenoxy) is 1. The second-order valence-electron chi connectivity index (χ2n) is 5.66. The fourth-order valence-electron chi connectivity index (χ4n) is 3.03. The Morgan fingerprint density at radius 2 is 2.00 bits per heavy atom. The standard InChI is InChI=1S/C15H28N2O4/c1-4-16(5-2)14(20)17-10-6-8-15(12-17,13(18)19)9-7-11-21-3/h4-12H2,1-3H3,(H,18,19)/t15-/m1/s1. The molecule has 1 rings (SSSR count). The molecule has 1 aliphatic heterocycles. The van der Waals surface area contributed by atoms with Crippen molar-refractivity contribution in [2.24, 2.45) is 5.41 Å². The van der Waals surface area contributed by atoms with Crippen LogP contribution in [0.5, 0.6) is 0 Å². The number of nitrogens with zero attached hydrogens (tertiary/aromatic N) is 2. The minimum Gasteiger partial charge on any atom is -0.481 e. The van der Waals surface area contributed by atoms with Crippen LogP contribution in [0.25, 0.3) is 0 Å². The fourth-order valence-corrected chi connectivity index (χ4v) is 3.03. The summed E-state index contributed by atoms with van der Waals surface area (Å²) in [5.74, 6) is -0.796. The van der Waals surface area contributed by atoms with Crippen LogP contribution in [0, 0.1) is 5.41 Å². The molecule has 0 unspecified atom stereocenters. The van der Waals surface area contributed by atoms with Gasteiger partial charge in [-0.25, -0.2) is 4.79 Å². The van der Waals surface area contributed by atoms with E-state index >= 15 is 0 Å². The van der Waals surface area contributed by atoms with Gasteiger partial charge >= 0.3 is 12.0 Å². The molecule has 0 aromatic carbocycles. The summed E-state index contributed by atoms with van der Waals surface area (Å²) in [7, 11) is 1.62. The molecule has 0 aliphatic carbocycles. The number of carboxylic acid groups (broad SMARTS) is 1. The zero-order valence-electron chi connectivity index (χ0n) is 13.4. The van der Waals surface area contributed by atoms with E-state index in [2.05, 4.69) is 0 Å². The Kier molecular flexibility index (Phi) is 6.95. The summed E-state index contributed by atoms with van der Waals surface area (Å²) < 4.78 is 5.02. The number of carbonyl (C=O) groups is 2. The molecule has 21 heavy (non-hydrogen) atoms. The van der Waals surface area contributed by atoms with Crippen molar-refractivity contribution in [3.05, 3.63) is 0 Å². The van der Waals surface area contributed by atoms with Gasteiger partial charge in [-0.3, -0.25) is 4.79 Å². The highest BCUT2D eigenvalue weighted by Gasteiger charge is 2.43. The summed E-state index contributed by atoms with van der Waals surface area (Å²) in [6.45, 7) is 6.68. The number of rotatable bonds is 7. The van der Waals surface area contributed by atoms with Crippen LogP contribution in [0.2, 0.25) is 0 Å². The molecular weight excluding hydrogens is 272 g/mol. The lowest BCUT2D eigenvalue weighted by molar-refractivity contribution is -0.152. The van der Waals surface area contributed by atoms with Crippen molar-refractivity contribution < 1.29 is 19.4 Å². The first-order valence-electron chi connectivity index (χ1n) is 7.77. The minimum atomic E-state index is -0.820. The lowest BCUT2D eigenvalue weighted by Crippen LogP contribution is -2.53. The molecule has 1 fully saturated rings. The van der Waals surface area contributed by atoms with Gasteiger partial charge in [-0.05, 0) is 39.5 Å². The van der Waals surface area contributed by atoms with Gasteiger partial charge in [-0.1, -0.05) is 0 Å². The molecule has 0 bridgehead atoms. The van der Waals surface area contributed by atoms with Gasteiger partial charge in [0.05, 0.1) is 5.41 Å². The lowest BCUT2D eigenvalue weighted by Gasteiger charge is -2.41. The van der Waals surface area contributed by atoms with E-state index in [0.29, 0.717) is 52.0 Å². The van der Waals surface area contributed by atoms with Crippen molar-refractivity contribution in [3.8, 4) is 0 Å². The molecule has 1 aliphatic rings. The van der Waals surface area contributed by atoms with Crippen molar-refractivity contribution in [3.63, 3.8) is 0 Å². The van der Waals surface area contributed by atoms with Gasteiger partial charge in [0.2, 0.25) is 0 Å². The highest BCUT2D eigenvalue weighted by atomic mass is 16.5. The predicted octanol–water partition coefficient (Wildman–Crippen LogP) is 2.04. The van der Waals surface area contributed by atoms with E-state index in [-0.39, 0.29) is 6.03 Å². The maximum atomic E-state index is 12.4. The minimum absolute atomic E-state index is 0.0444. The molecule has 1 atom stereocenters. The maximum Gasteiger partial charge on any atom is 0.320 e. The van der Waals surface area contributed by atoms with Crippen molar-refractivity contribution in [1.29, 1.82) is 0 Å². The molecule has 1 N–H and O–H groups in total. The van der Waals surface area contributed by atoms with Crippen LogP contribution in [0.4, 0.5) is 4.79 Å². The molecule has 0 aromatic rings. The number of aliphatic carboxylic acids is 1. The third-order valence-electron chi connectivity index (χ3n) is 4.34. The predicted molar refractivity (Wildman–Crippen MR) is 80.3 cm³/mol. The normalized spacial score (nSPS) is 22.1. The number of carbonyl (C=O) groups excluding carboxylic acids is 1. The zero-order chi connectivity index (χ0) is 15.9. The Balaban J connectivity index is 2.78. The molecule has 1 saturated heterocycles. The molecule has 0 aromatic heterocycles. The van der Waals surface area contributed by atoms with Crippen LogP contribution in [0.15, 0.2) is 0 Å². The first-order chi connectivity index (χ1) is 10.0. The summed E-state index contributed by atoms with van der Waals surface area (Å²) in [5, 5.41) is 9.65. The van der Waals surface area contributed by atoms with E-state index in [1.54, 1.807) is 16.9 Å². The van der Waals surface area contributed by atoms with Crippen LogP contribution in [-0.2, 0) is 9.53 Å². The Hall–Kier alpha value is -1.30. The van der Waals surface area contributed by atoms with E-state index in [1.807, 2.05) is 13.8 Å². The second-order valence-corrected chi connectivity index (χ2v) is 5.66. The SMILES string of the molecule is CCN(CC)C(=O)N1CCC[C@](CCCOC)(C(=O)O)C1. The van der Waals surface area contributed by atoms with Crippen molar-refractivity contribution >= 4 is 12.0 Å². The molecule has 0 radical (unpaired) electrons. The smallest absolute Gasteiger partial charge is 0.320 e.